The zero-order valence-electron chi connectivity index (χ0n) is 19.3. The van der Waals surface area contributed by atoms with Crippen molar-refractivity contribution in [2.24, 2.45) is 0 Å². The van der Waals surface area contributed by atoms with Crippen LogP contribution in [0.2, 0.25) is 0 Å². The molecule has 1 aliphatic heterocycles. The van der Waals surface area contributed by atoms with Gasteiger partial charge in [0.05, 0.1) is 11.4 Å². The number of anilines is 1. The van der Waals surface area contributed by atoms with E-state index in [1.807, 2.05) is 65.3 Å². The second kappa shape index (κ2) is 8.39. The Balaban J connectivity index is 1.33. The number of pyridine rings is 1. The molecular formula is C27H27N5O3. The molecule has 0 radical (unpaired) electrons. The van der Waals surface area contributed by atoms with E-state index < -0.39 is 5.60 Å². The Hall–Kier alpha value is -3.91. The third kappa shape index (κ3) is 4.00. The van der Waals surface area contributed by atoms with Gasteiger partial charge in [0.15, 0.2) is 0 Å². The van der Waals surface area contributed by atoms with E-state index in [4.69, 9.17) is 15.6 Å². The number of piperidine rings is 1. The van der Waals surface area contributed by atoms with Gasteiger partial charge in [0.1, 0.15) is 28.4 Å². The summed E-state index contributed by atoms with van der Waals surface area (Å²) in [6, 6.07) is 19.3. The van der Waals surface area contributed by atoms with Crippen LogP contribution in [0.25, 0.3) is 16.6 Å². The molecule has 3 heterocycles. The Labute approximate surface area is 202 Å². The van der Waals surface area contributed by atoms with Gasteiger partial charge in [0, 0.05) is 30.6 Å². The Morgan fingerprint density at radius 3 is 2.54 bits per heavy atom. The van der Waals surface area contributed by atoms with Crippen molar-refractivity contribution in [3.63, 3.8) is 0 Å². The van der Waals surface area contributed by atoms with Gasteiger partial charge in [-0.3, -0.25) is 4.79 Å². The third-order valence-corrected chi connectivity index (χ3v) is 6.93. The lowest BCUT2D eigenvalue weighted by atomic mass is 9.92. The zero-order chi connectivity index (χ0) is 24.0. The molecule has 6 rings (SSSR count). The van der Waals surface area contributed by atoms with Gasteiger partial charge in [-0.15, -0.1) is 0 Å². The summed E-state index contributed by atoms with van der Waals surface area (Å²) in [5.41, 5.74) is 7.66. The number of fused-ring (bicyclic) bond motifs is 1. The Kier molecular flexibility index (Phi) is 5.18. The largest absolute Gasteiger partial charge is 0.457 e. The van der Waals surface area contributed by atoms with Gasteiger partial charge >= 0.3 is 0 Å². The number of aliphatic hydroxyl groups is 1. The molecule has 35 heavy (non-hydrogen) atoms. The lowest BCUT2D eigenvalue weighted by Crippen LogP contribution is -2.45. The van der Waals surface area contributed by atoms with Crippen LogP contribution in [-0.2, 0) is 4.79 Å². The second-order valence-corrected chi connectivity index (χ2v) is 9.42. The van der Waals surface area contributed by atoms with Gasteiger partial charge in [-0.05, 0) is 68.1 Å². The number of aromatic nitrogens is 3. The summed E-state index contributed by atoms with van der Waals surface area (Å²) in [5.74, 6) is 1.80. The fourth-order valence-electron chi connectivity index (χ4n) is 4.89. The monoisotopic (exact) mass is 469 g/mol. The van der Waals surface area contributed by atoms with Crippen molar-refractivity contribution in [1.82, 2.24) is 19.7 Å². The van der Waals surface area contributed by atoms with Crippen molar-refractivity contribution in [2.45, 2.75) is 37.2 Å². The smallest absolute Gasteiger partial charge is 0.254 e. The highest BCUT2D eigenvalue weighted by Gasteiger charge is 2.50. The van der Waals surface area contributed by atoms with E-state index in [0.29, 0.717) is 31.7 Å². The van der Waals surface area contributed by atoms with Crippen LogP contribution in [0.5, 0.6) is 11.5 Å². The summed E-state index contributed by atoms with van der Waals surface area (Å²) >= 11 is 0. The molecule has 0 bridgehead atoms. The third-order valence-electron chi connectivity index (χ3n) is 6.93. The van der Waals surface area contributed by atoms with Crippen molar-refractivity contribution < 1.29 is 14.6 Å². The number of nitrogen functional groups attached to an aromatic ring is 1. The van der Waals surface area contributed by atoms with Crippen molar-refractivity contribution in [3.8, 4) is 17.2 Å². The summed E-state index contributed by atoms with van der Waals surface area (Å²) in [7, 11) is 0. The number of rotatable bonds is 5. The molecular weight excluding hydrogens is 442 g/mol. The summed E-state index contributed by atoms with van der Waals surface area (Å²) in [5, 5.41) is 16.3. The van der Waals surface area contributed by atoms with Crippen LogP contribution in [0.1, 0.15) is 37.3 Å². The highest BCUT2D eigenvalue weighted by molar-refractivity contribution is 5.92. The number of nitrogens with two attached hydrogens (primary N) is 1. The number of carbonyl (C=O) groups is 1. The number of benzene rings is 2. The van der Waals surface area contributed by atoms with Crippen LogP contribution in [0, 0.1) is 0 Å². The lowest BCUT2D eigenvalue weighted by Gasteiger charge is -2.33. The average Bonchev–Trinajstić information content (AvgIpc) is 3.52. The zero-order valence-corrected chi connectivity index (χ0v) is 19.3. The number of amides is 1. The van der Waals surface area contributed by atoms with Crippen LogP contribution in [0.15, 0.2) is 66.9 Å². The number of para-hydroxylation sites is 1. The normalized spacial score (nSPS) is 19.0. The minimum atomic E-state index is -1.15. The van der Waals surface area contributed by atoms with Crippen LogP contribution < -0.4 is 10.5 Å². The molecule has 0 unspecified atom stereocenters. The molecule has 178 valence electrons. The standard InChI is InChI=1S/C27H27N5O3/c28-25-24-22(12-15-29-25)23(18-5-4-16-31(17-18)26(33)27(34)13-14-27)30-32(24)19-8-10-21(11-9-19)35-20-6-2-1-3-7-20/h1-3,6-12,15,18,34H,4-5,13-14,16-17H2,(H2,28,29)/t18-/m1/s1. The summed E-state index contributed by atoms with van der Waals surface area (Å²) in [6.45, 7) is 1.21. The summed E-state index contributed by atoms with van der Waals surface area (Å²) < 4.78 is 7.75. The van der Waals surface area contributed by atoms with Crippen LogP contribution >= 0.6 is 0 Å². The Morgan fingerprint density at radius 1 is 1.06 bits per heavy atom. The van der Waals surface area contributed by atoms with E-state index in [2.05, 4.69) is 4.98 Å². The topological polar surface area (TPSA) is 107 Å². The number of carbonyl (C=O) groups excluding carboxylic acids is 1. The minimum absolute atomic E-state index is 0.0567. The maximum atomic E-state index is 12.8. The van der Waals surface area contributed by atoms with Gasteiger partial charge in [0.2, 0.25) is 0 Å². The van der Waals surface area contributed by atoms with Crippen molar-refractivity contribution in [2.75, 3.05) is 18.8 Å². The number of likely N-dealkylation sites (tertiary alicyclic amines) is 1. The predicted molar refractivity (Wildman–Crippen MR) is 133 cm³/mol. The molecule has 2 aromatic heterocycles. The molecule has 2 aliphatic rings. The fraction of sp³-hybridized carbons (Fsp3) is 0.296. The van der Waals surface area contributed by atoms with Crippen LogP contribution in [0.4, 0.5) is 5.82 Å². The molecule has 1 saturated heterocycles. The fourth-order valence-corrected chi connectivity index (χ4v) is 4.89. The molecule has 8 heteroatoms. The van der Waals surface area contributed by atoms with Crippen molar-refractivity contribution in [3.05, 3.63) is 72.6 Å². The predicted octanol–water partition coefficient (Wildman–Crippen LogP) is 4.03. The van der Waals surface area contributed by atoms with Gasteiger partial charge < -0.3 is 20.5 Å². The van der Waals surface area contributed by atoms with E-state index >= 15 is 0 Å². The maximum Gasteiger partial charge on any atom is 0.254 e. The molecule has 1 saturated carbocycles. The highest BCUT2D eigenvalue weighted by Crippen LogP contribution is 2.40. The van der Waals surface area contributed by atoms with Crippen molar-refractivity contribution >= 4 is 22.6 Å². The molecule has 1 amide bonds. The molecule has 0 spiro atoms. The van der Waals surface area contributed by atoms with E-state index in [-0.39, 0.29) is 11.8 Å². The first-order valence-corrected chi connectivity index (χ1v) is 12.0. The van der Waals surface area contributed by atoms with E-state index in [1.54, 1.807) is 11.1 Å². The second-order valence-electron chi connectivity index (χ2n) is 9.42. The quantitative estimate of drug-likeness (QED) is 0.457. The van der Waals surface area contributed by atoms with E-state index in [9.17, 15) is 9.90 Å². The van der Waals surface area contributed by atoms with Gasteiger partial charge in [-0.25, -0.2) is 9.67 Å². The molecule has 2 aromatic carbocycles. The summed E-state index contributed by atoms with van der Waals surface area (Å²) in [4.78, 5) is 18.9. The molecule has 8 nitrogen and oxygen atoms in total. The first-order valence-electron chi connectivity index (χ1n) is 12.0. The number of hydrogen-bond acceptors (Lipinski definition) is 6. The van der Waals surface area contributed by atoms with Gasteiger partial charge in [-0.1, -0.05) is 18.2 Å². The Morgan fingerprint density at radius 2 is 1.80 bits per heavy atom. The number of nitrogens with zero attached hydrogens (tertiary/aromatic N) is 4. The maximum absolute atomic E-state index is 12.8. The van der Waals surface area contributed by atoms with E-state index in [0.717, 1.165) is 46.6 Å². The first kappa shape index (κ1) is 21.6. The van der Waals surface area contributed by atoms with Crippen molar-refractivity contribution in [1.29, 1.82) is 0 Å². The number of ether oxygens (including phenoxy) is 1. The highest BCUT2D eigenvalue weighted by atomic mass is 16.5. The van der Waals surface area contributed by atoms with E-state index in [1.165, 1.54) is 0 Å². The SMILES string of the molecule is Nc1nccc2c([C@@H]3CCCN(C(=O)C4(O)CC4)C3)nn(-c3ccc(Oc4ccccc4)cc3)c12. The minimum Gasteiger partial charge on any atom is -0.457 e. The van der Waals surface area contributed by atoms with Crippen LogP contribution in [-0.4, -0.2) is 49.4 Å². The molecule has 1 atom stereocenters. The number of hydrogen-bond donors (Lipinski definition) is 2. The molecule has 4 aromatic rings. The first-order chi connectivity index (χ1) is 17.0. The molecule has 3 N–H and O–H groups in total. The van der Waals surface area contributed by atoms with Gasteiger partial charge in [-0.2, -0.15) is 5.10 Å². The van der Waals surface area contributed by atoms with Gasteiger partial charge in [0.25, 0.3) is 5.91 Å². The Bertz CT molecular complexity index is 1380. The average molecular weight is 470 g/mol. The lowest BCUT2D eigenvalue weighted by molar-refractivity contribution is -0.143. The molecule has 2 fully saturated rings. The van der Waals surface area contributed by atoms with Crippen LogP contribution in [0.3, 0.4) is 0 Å². The summed E-state index contributed by atoms with van der Waals surface area (Å²) in [6.07, 6.45) is 4.59. The molecule has 1 aliphatic carbocycles.